The second-order valence-electron chi connectivity index (χ2n) is 7.48. The van der Waals surface area contributed by atoms with Crippen LogP contribution in [0.15, 0.2) is 42.5 Å². The van der Waals surface area contributed by atoms with Crippen molar-refractivity contribution in [3.8, 4) is 5.75 Å². The van der Waals surface area contributed by atoms with Crippen LogP contribution in [0.4, 0.5) is 0 Å². The van der Waals surface area contributed by atoms with Gasteiger partial charge in [0.15, 0.2) is 6.61 Å². The molecule has 0 saturated carbocycles. The van der Waals surface area contributed by atoms with Crippen molar-refractivity contribution in [2.24, 2.45) is 0 Å². The van der Waals surface area contributed by atoms with Gasteiger partial charge in [-0.25, -0.2) is 4.98 Å². The van der Waals surface area contributed by atoms with Gasteiger partial charge in [0.05, 0.1) is 17.6 Å². The van der Waals surface area contributed by atoms with Crippen molar-refractivity contribution in [2.75, 3.05) is 13.7 Å². The fourth-order valence-electron chi connectivity index (χ4n) is 3.28. The molecule has 0 radical (unpaired) electrons. The van der Waals surface area contributed by atoms with Gasteiger partial charge in [0.1, 0.15) is 11.6 Å². The van der Waals surface area contributed by atoms with E-state index in [0.717, 1.165) is 34.7 Å². The van der Waals surface area contributed by atoms with Gasteiger partial charge in [-0.05, 0) is 49.1 Å². The summed E-state index contributed by atoms with van der Waals surface area (Å²) < 4.78 is 7.99. The molecule has 0 atom stereocenters. The third kappa shape index (κ3) is 4.19. The zero-order chi connectivity index (χ0) is 20.3. The second kappa shape index (κ2) is 8.46. The largest absolute Gasteiger partial charge is 0.483 e. The smallest absolute Gasteiger partial charge is 0.260 e. The molecule has 1 amide bonds. The number of para-hydroxylation sites is 2. The number of fused-ring (bicyclic) bond motifs is 1. The number of imidazole rings is 1. The molecule has 0 fully saturated rings. The topological polar surface area (TPSA) is 47.4 Å². The Hall–Kier alpha value is -2.82. The van der Waals surface area contributed by atoms with Gasteiger partial charge >= 0.3 is 0 Å². The van der Waals surface area contributed by atoms with E-state index in [1.54, 1.807) is 11.9 Å². The van der Waals surface area contributed by atoms with E-state index >= 15 is 0 Å². The molecule has 0 unspecified atom stereocenters. The zero-order valence-electron chi connectivity index (χ0n) is 17.4. The second-order valence-corrected chi connectivity index (χ2v) is 7.48. The molecule has 1 aromatic heterocycles. The predicted octanol–water partition coefficient (Wildman–Crippen LogP) is 4.53. The maximum atomic E-state index is 12.6. The maximum Gasteiger partial charge on any atom is 0.260 e. The third-order valence-corrected chi connectivity index (χ3v) is 5.08. The highest BCUT2D eigenvalue weighted by molar-refractivity contribution is 5.78. The average molecular weight is 380 g/mol. The van der Waals surface area contributed by atoms with E-state index < -0.39 is 0 Å². The molecule has 1 heterocycles. The quantitative estimate of drug-likeness (QED) is 0.606. The van der Waals surface area contributed by atoms with Crippen LogP contribution >= 0.6 is 0 Å². The molecule has 0 aliphatic heterocycles. The van der Waals surface area contributed by atoms with Crippen molar-refractivity contribution in [2.45, 2.75) is 46.7 Å². The molecule has 0 saturated heterocycles. The van der Waals surface area contributed by atoms with Crippen LogP contribution in [-0.4, -0.2) is 34.0 Å². The molecule has 0 aliphatic rings. The van der Waals surface area contributed by atoms with Gasteiger partial charge in [-0.2, -0.15) is 0 Å². The van der Waals surface area contributed by atoms with Crippen molar-refractivity contribution in [1.82, 2.24) is 14.5 Å². The fourth-order valence-corrected chi connectivity index (χ4v) is 3.28. The van der Waals surface area contributed by atoms with E-state index in [-0.39, 0.29) is 12.5 Å². The first-order chi connectivity index (χ1) is 13.4. The lowest BCUT2D eigenvalue weighted by atomic mass is 10.0. The summed E-state index contributed by atoms with van der Waals surface area (Å²) in [7, 11) is 1.79. The molecular formula is C23H29N3O2. The first-order valence-electron chi connectivity index (χ1n) is 9.82. The number of carbonyl (C=O) groups is 1. The molecule has 0 spiro atoms. The zero-order valence-corrected chi connectivity index (χ0v) is 17.4. The summed E-state index contributed by atoms with van der Waals surface area (Å²) >= 11 is 0. The van der Waals surface area contributed by atoms with Gasteiger partial charge in [-0.15, -0.1) is 0 Å². The third-order valence-electron chi connectivity index (χ3n) is 5.08. The number of benzene rings is 2. The Bertz CT molecular complexity index is 975. The summed E-state index contributed by atoms with van der Waals surface area (Å²) in [6.07, 6.45) is 0. The SMILES string of the molecule is CCn1c(CN(C)C(=O)COc2cc(C(C)C)ccc2C)nc2ccccc21. The van der Waals surface area contributed by atoms with Crippen LogP contribution in [0.25, 0.3) is 11.0 Å². The standard InChI is InChI=1S/C23H29N3O2/c1-6-26-20-10-8-7-9-19(20)24-22(26)14-25(5)23(27)15-28-21-13-18(16(2)3)12-11-17(21)4/h7-13,16H,6,14-15H2,1-5H3. The molecule has 0 bridgehead atoms. The molecule has 5 nitrogen and oxygen atoms in total. The minimum absolute atomic E-state index is 0.0191. The molecule has 0 aliphatic carbocycles. The van der Waals surface area contributed by atoms with Gasteiger partial charge < -0.3 is 14.2 Å². The Balaban J connectivity index is 1.68. The summed E-state index contributed by atoms with van der Waals surface area (Å²) in [6, 6.07) is 14.2. The van der Waals surface area contributed by atoms with Crippen molar-refractivity contribution >= 4 is 16.9 Å². The number of hydrogen-bond donors (Lipinski definition) is 0. The van der Waals surface area contributed by atoms with Gasteiger partial charge in [0.2, 0.25) is 0 Å². The van der Waals surface area contributed by atoms with E-state index in [4.69, 9.17) is 9.72 Å². The molecule has 28 heavy (non-hydrogen) atoms. The Morgan fingerprint density at radius 3 is 2.68 bits per heavy atom. The first kappa shape index (κ1) is 19.9. The van der Waals surface area contributed by atoms with Crippen LogP contribution in [0.3, 0.4) is 0 Å². The molecule has 2 aromatic carbocycles. The summed E-state index contributed by atoms with van der Waals surface area (Å²) in [5.74, 6) is 2.01. The van der Waals surface area contributed by atoms with E-state index in [1.807, 2.05) is 37.3 Å². The molecule has 3 aromatic rings. The molecule has 3 rings (SSSR count). The fraction of sp³-hybridized carbons (Fsp3) is 0.391. The van der Waals surface area contributed by atoms with Crippen LogP contribution in [0.2, 0.25) is 0 Å². The normalized spacial score (nSPS) is 11.2. The van der Waals surface area contributed by atoms with Crippen LogP contribution in [0.5, 0.6) is 5.75 Å². The lowest BCUT2D eigenvalue weighted by molar-refractivity contribution is -0.132. The summed E-state index contributed by atoms with van der Waals surface area (Å²) in [6.45, 7) is 9.67. The predicted molar refractivity (Wildman–Crippen MR) is 113 cm³/mol. The molecule has 148 valence electrons. The molecule has 5 heteroatoms. The van der Waals surface area contributed by atoms with E-state index in [0.29, 0.717) is 12.5 Å². The average Bonchev–Trinajstić information content (AvgIpc) is 3.03. The summed E-state index contributed by atoms with van der Waals surface area (Å²) in [4.78, 5) is 19.0. The van der Waals surface area contributed by atoms with Crippen molar-refractivity contribution in [1.29, 1.82) is 0 Å². The lowest BCUT2D eigenvalue weighted by Gasteiger charge is -2.19. The highest BCUT2D eigenvalue weighted by Gasteiger charge is 2.16. The van der Waals surface area contributed by atoms with Crippen molar-refractivity contribution in [3.63, 3.8) is 0 Å². The van der Waals surface area contributed by atoms with Crippen LogP contribution in [-0.2, 0) is 17.9 Å². The Kier molecular flexibility index (Phi) is 6.02. The van der Waals surface area contributed by atoms with E-state index in [2.05, 4.69) is 37.5 Å². The highest BCUT2D eigenvalue weighted by atomic mass is 16.5. The van der Waals surface area contributed by atoms with Crippen LogP contribution in [0.1, 0.15) is 43.6 Å². The number of carbonyl (C=O) groups excluding carboxylic acids is 1. The molecule has 0 N–H and O–H groups in total. The van der Waals surface area contributed by atoms with Crippen LogP contribution < -0.4 is 4.74 Å². The number of hydrogen-bond acceptors (Lipinski definition) is 3. The highest BCUT2D eigenvalue weighted by Crippen LogP contribution is 2.24. The number of aromatic nitrogens is 2. The van der Waals surface area contributed by atoms with Gasteiger partial charge in [0.25, 0.3) is 5.91 Å². The van der Waals surface area contributed by atoms with Crippen molar-refractivity contribution < 1.29 is 9.53 Å². The number of ether oxygens (including phenoxy) is 1. The van der Waals surface area contributed by atoms with Gasteiger partial charge in [0, 0.05) is 13.6 Å². The Labute approximate surface area is 166 Å². The lowest BCUT2D eigenvalue weighted by Crippen LogP contribution is -2.32. The minimum atomic E-state index is -0.0657. The Morgan fingerprint density at radius 1 is 1.21 bits per heavy atom. The van der Waals surface area contributed by atoms with Crippen molar-refractivity contribution in [3.05, 3.63) is 59.4 Å². The maximum absolute atomic E-state index is 12.6. The van der Waals surface area contributed by atoms with E-state index in [9.17, 15) is 4.79 Å². The molecular weight excluding hydrogens is 350 g/mol. The number of likely N-dealkylation sites (N-methyl/N-ethyl adjacent to an activating group) is 1. The number of rotatable bonds is 7. The minimum Gasteiger partial charge on any atom is -0.483 e. The number of nitrogens with zero attached hydrogens (tertiary/aromatic N) is 3. The first-order valence-corrected chi connectivity index (χ1v) is 9.82. The number of aryl methyl sites for hydroxylation is 2. The Morgan fingerprint density at radius 2 is 1.96 bits per heavy atom. The summed E-state index contributed by atoms with van der Waals surface area (Å²) in [5, 5.41) is 0. The monoisotopic (exact) mass is 379 g/mol. The van der Waals surface area contributed by atoms with Crippen LogP contribution in [0, 0.1) is 6.92 Å². The van der Waals surface area contributed by atoms with Gasteiger partial charge in [-0.3, -0.25) is 4.79 Å². The van der Waals surface area contributed by atoms with E-state index in [1.165, 1.54) is 5.56 Å². The van der Waals surface area contributed by atoms with Gasteiger partial charge in [-0.1, -0.05) is 38.1 Å². The summed E-state index contributed by atoms with van der Waals surface area (Å²) in [5.41, 5.74) is 4.29. The number of amides is 1.